The molecule has 2 saturated carbocycles. The Hall–Kier alpha value is -2.92. The summed E-state index contributed by atoms with van der Waals surface area (Å²) in [7, 11) is 0. The number of aliphatic carboxylic acids is 1. The quantitative estimate of drug-likeness (QED) is 0.210. The minimum atomic E-state index is -0.599. The van der Waals surface area contributed by atoms with Crippen LogP contribution in [-0.2, 0) is 24.2 Å². The Morgan fingerprint density at radius 1 is 0.867 bits per heavy atom. The summed E-state index contributed by atoms with van der Waals surface area (Å²) in [5.41, 5.74) is 5.63. The Kier molecular flexibility index (Phi) is 11.1. The third kappa shape index (κ3) is 8.09. The number of aromatic nitrogens is 2. The minimum Gasteiger partial charge on any atom is -0.480 e. The summed E-state index contributed by atoms with van der Waals surface area (Å²) in [5, 5.41) is 15.4. The fourth-order valence-electron chi connectivity index (χ4n) is 9.10. The van der Waals surface area contributed by atoms with Gasteiger partial charge in [0, 0.05) is 37.7 Å². The lowest BCUT2D eigenvalue weighted by Crippen LogP contribution is -2.46. The standard InChI is InChI=1S/C40H55N3O2/c1-2-43-28-36(26-23-30-13-6-3-7-14-30)38(41-43)33-24-21-31(22-25-33)15-12-20-35-27-42(29-37(35)32-16-8-4-9-17-32)39(40(44)45)34-18-10-5-11-19-34/h3-4,6-9,13-14,16-17,28,31,33-35,37,39H,2,5,10-12,15,18-27,29H2,1H3,(H,44,45)/t31?,33?,35-,37?,39+/m0/s1. The summed E-state index contributed by atoms with van der Waals surface area (Å²) in [6.45, 7) is 4.96. The first-order chi connectivity index (χ1) is 22.1. The van der Waals surface area contributed by atoms with Crippen molar-refractivity contribution in [2.24, 2.45) is 17.8 Å². The van der Waals surface area contributed by atoms with Crippen molar-refractivity contribution in [3.63, 3.8) is 0 Å². The predicted octanol–water partition coefficient (Wildman–Crippen LogP) is 8.88. The molecule has 6 rings (SSSR count). The van der Waals surface area contributed by atoms with Crippen molar-refractivity contribution in [2.75, 3.05) is 13.1 Å². The van der Waals surface area contributed by atoms with Gasteiger partial charge in [-0.1, -0.05) is 92.8 Å². The molecule has 5 nitrogen and oxygen atoms in total. The lowest BCUT2D eigenvalue weighted by Gasteiger charge is -2.34. The maximum atomic E-state index is 12.6. The summed E-state index contributed by atoms with van der Waals surface area (Å²) in [6, 6.07) is 21.5. The zero-order valence-electron chi connectivity index (χ0n) is 27.5. The Labute approximate surface area is 271 Å². The van der Waals surface area contributed by atoms with Crippen LogP contribution in [0.3, 0.4) is 0 Å². The van der Waals surface area contributed by atoms with E-state index >= 15 is 0 Å². The zero-order valence-corrected chi connectivity index (χ0v) is 27.5. The molecule has 45 heavy (non-hydrogen) atoms. The number of nitrogens with zero attached hydrogens (tertiary/aromatic N) is 3. The normalized spacial score (nSPS) is 25.4. The molecule has 3 fully saturated rings. The van der Waals surface area contributed by atoms with Crippen molar-refractivity contribution in [3.8, 4) is 0 Å². The van der Waals surface area contributed by atoms with E-state index in [0.29, 0.717) is 23.7 Å². The molecule has 1 aromatic heterocycles. The monoisotopic (exact) mass is 609 g/mol. The number of likely N-dealkylation sites (tertiary alicyclic amines) is 1. The van der Waals surface area contributed by atoms with E-state index in [9.17, 15) is 9.90 Å². The highest BCUT2D eigenvalue weighted by Gasteiger charge is 2.42. The Morgan fingerprint density at radius 3 is 2.27 bits per heavy atom. The van der Waals surface area contributed by atoms with Crippen LogP contribution in [0.15, 0.2) is 66.9 Å². The molecule has 3 atom stereocenters. The van der Waals surface area contributed by atoms with E-state index in [2.05, 4.69) is 83.4 Å². The largest absolute Gasteiger partial charge is 0.480 e. The van der Waals surface area contributed by atoms with Crippen molar-refractivity contribution in [2.45, 2.75) is 121 Å². The molecule has 5 heteroatoms. The smallest absolute Gasteiger partial charge is 0.321 e. The van der Waals surface area contributed by atoms with E-state index in [1.807, 2.05) is 0 Å². The van der Waals surface area contributed by atoms with Gasteiger partial charge in [0.15, 0.2) is 0 Å². The molecule has 0 spiro atoms. The number of carbonyl (C=O) groups is 1. The van der Waals surface area contributed by atoms with E-state index < -0.39 is 5.97 Å². The molecule has 2 aromatic carbocycles. The third-order valence-electron chi connectivity index (χ3n) is 11.6. The molecular formula is C40H55N3O2. The van der Waals surface area contributed by atoms with Crippen molar-refractivity contribution in [1.29, 1.82) is 0 Å². The Morgan fingerprint density at radius 2 is 1.58 bits per heavy atom. The summed E-state index contributed by atoms with van der Waals surface area (Å²) in [5.74, 6) is 2.10. The average molecular weight is 610 g/mol. The van der Waals surface area contributed by atoms with Gasteiger partial charge in [-0.3, -0.25) is 14.4 Å². The Bertz CT molecular complexity index is 1320. The van der Waals surface area contributed by atoms with Crippen LogP contribution in [0.2, 0.25) is 0 Å². The van der Waals surface area contributed by atoms with Crippen LogP contribution in [0, 0.1) is 17.8 Å². The number of hydrogen-bond acceptors (Lipinski definition) is 3. The van der Waals surface area contributed by atoms with E-state index in [0.717, 1.165) is 51.2 Å². The molecule has 3 aromatic rings. The SMILES string of the molecule is CCn1cc(CCc2ccccc2)c(C2CCC(CCC[C@H]3CN([C@@H](C(=O)O)C4CCCCC4)CC3c3ccccc3)CC2)n1. The van der Waals surface area contributed by atoms with Gasteiger partial charge in [-0.25, -0.2) is 0 Å². The van der Waals surface area contributed by atoms with Crippen LogP contribution < -0.4 is 0 Å². The highest BCUT2D eigenvalue weighted by Crippen LogP contribution is 2.42. The van der Waals surface area contributed by atoms with Crippen molar-refractivity contribution in [3.05, 3.63) is 89.2 Å². The molecule has 1 saturated heterocycles. The number of benzene rings is 2. The van der Waals surface area contributed by atoms with Gasteiger partial charge in [-0.2, -0.15) is 5.10 Å². The molecule has 1 aliphatic heterocycles. The van der Waals surface area contributed by atoms with E-state index in [1.54, 1.807) is 0 Å². The maximum Gasteiger partial charge on any atom is 0.321 e. The lowest BCUT2D eigenvalue weighted by molar-refractivity contribution is -0.145. The topological polar surface area (TPSA) is 58.4 Å². The number of carboxylic acid groups (broad SMARTS) is 1. The molecule has 242 valence electrons. The van der Waals surface area contributed by atoms with Crippen LogP contribution >= 0.6 is 0 Å². The summed E-state index contributed by atoms with van der Waals surface area (Å²) >= 11 is 0. The van der Waals surface area contributed by atoms with Gasteiger partial charge in [0.2, 0.25) is 0 Å². The average Bonchev–Trinajstić information content (AvgIpc) is 3.70. The second kappa shape index (κ2) is 15.6. The molecule has 2 heterocycles. The summed E-state index contributed by atoms with van der Waals surface area (Å²) in [4.78, 5) is 15.0. The molecule has 0 amide bonds. The highest BCUT2D eigenvalue weighted by molar-refractivity contribution is 5.74. The van der Waals surface area contributed by atoms with Gasteiger partial charge in [-0.05, 0) is 99.2 Å². The molecule has 2 aliphatic carbocycles. The number of hydrogen-bond donors (Lipinski definition) is 1. The van der Waals surface area contributed by atoms with Crippen LogP contribution in [0.5, 0.6) is 0 Å². The molecule has 1 unspecified atom stereocenters. The minimum absolute atomic E-state index is 0.309. The van der Waals surface area contributed by atoms with E-state index in [-0.39, 0.29) is 6.04 Å². The summed E-state index contributed by atoms with van der Waals surface area (Å²) in [6.07, 6.45) is 19.1. The second-order valence-electron chi connectivity index (χ2n) is 14.4. The van der Waals surface area contributed by atoms with E-state index in [1.165, 1.54) is 86.6 Å². The van der Waals surface area contributed by atoms with E-state index in [4.69, 9.17) is 5.10 Å². The fraction of sp³-hybridized carbons (Fsp3) is 0.600. The first kappa shape index (κ1) is 32.0. The maximum absolute atomic E-state index is 12.6. The van der Waals surface area contributed by atoms with Crippen molar-refractivity contribution in [1.82, 2.24) is 14.7 Å². The lowest BCUT2D eigenvalue weighted by atomic mass is 9.77. The van der Waals surface area contributed by atoms with Crippen molar-refractivity contribution < 1.29 is 9.90 Å². The first-order valence-electron chi connectivity index (χ1n) is 18.2. The molecule has 3 aliphatic rings. The predicted molar refractivity (Wildman–Crippen MR) is 183 cm³/mol. The van der Waals surface area contributed by atoms with Gasteiger partial charge in [0.05, 0.1) is 5.69 Å². The molecule has 1 N–H and O–H groups in total. The summed E-state index contributed by atoms with van der Waals surface area (Å²) < 4.78 is 2.15. The number of carboxylic acids is 1. The fourth-order valence-corrected chi connectivity index (χ4v) is 9.10. The Balaban J connectivity index is 1.03. The van der Waals surface area contributed by atoms with Crippen LogP contribution in [0.25, 0.3) is 0 Å². The number of aryl methyl sites for hydroxylation is 3. The van der Waals surface area contributed by atoms with Crippen LogP contribution in [0.1, 0.15) is 118 Å². The number of rotatable bonds is 13. The van der Waals surface area contributed by atoms with Crippen LogP contribution in [-0.4, -0.2) is 44.9 Å². The zero-order chi connectivity index (χ0) is 31.0. The van der Waals surface area contributed by atoms with Gasteiger partial charge in [0.25, 0.3) is 0 Å². The third-order valence-corrected chi connectivity index (χ3v) is 11.6. The highest BCUT2D eigenvalue weighted by atomic mass is 16.4. The van der Waals surface area contributed by atoms with Gasteiger partial charge in [-0.15, -0.1) is 0 Å². The second-order valence-corrected chi connectivity index (χ2v) is 14.4. The van der Waals surface area contributed by atoms with Crippen molar-refractivity contribution >= 4 is 5.97 Å². The molecular weight excluding hydrogens is 554 g/mol. The molecule has 0 bridgehead atoms. The van der Waals surface area contributed by atoms with Gasteiger partial charge < -0.3 is 5.11 Å². The first-order valence-corrected chi connectivity index (χ1v) is 18.2. The molecule has 0 radical (unpaired) electrons. The van der Waals surface area contributed by atoms with Gasteiger partial charge >= 0.3 is 5.97 Å². The van der Waals surface area contributed by atoms with Crippen LogP contribution in [0.4, 0.5) is 0 Å². The van der Waals surface area contributed by atoms with Gasteiger partial charge in [0.1, 0.15) is 6.04 Å².